The molecule has 7 nitrogen and oxygen atoms in total. The number of ether oxygens (including phenoxy) is 1. The molecule has 0 saturated carbocycles. The lowest BCUT2D eigenvalue weighted by Gasteiger charge is -2.16. The summed E-state index contributed by atoms with van der Waals surface area (Å²) >= 11 is 0. The average Bonchev–Trinajstić information content (AvgIpc) is 2.50. The molecule has 0 unspecified atom stereocenters. The first-order valence-electron chi connectivity index (χ1n) is 6.90. The quantitative estimate of drug-likeness (QED) is 0.624. The Hall–Kier alpha value is -2.41. The summed E-state index contributed by atoms with van der Waals surface area (Å²) in [5.74, 6) is -2.58. The lowest BCUT2D eigenvalue weighted by molar-refractivity contribution is -0.143. The third kappa shape index (κ3) is 5.17. The topological polar surface area (TPSA) is 119 Å². The van der Waals surface area contributed by atoms with Crippen molar-refractivity contribution in [2.24, 2.45) is 5.73 Å². The van der Waals surface area contributed by atoms with Gasteiger partial charge in [0.1, 0.15) is 6.61 Å². The number of rotatable bonds is 7. The van der Waals surface area contributed by atoms with Crippen molar-refractivity contribution in [1.82, 2.24) is 5.32 Å². The molecular formula is C15H20N2O5. The number of carboxylic acid groups (broad SMARTS) is 1. The summed E-state index contributed by atoms with van der Waals surface area (Å²) < 4.78 is 4.93. The number of carboxylic acids is 1. The van der Waals surface area contributed by atoms with E-state index in [1.165, 1.54) is 6.92 Å². The molecule has 1 aromatic carbocycles. The van der Waals surface area contributed by atoms with Gasteiger partial charge in [-0.2, -0.15) is 0 Å². The van der Waals surface area contributed by atoms with Gasteiger partial charge in [0.2, 0.25) is 5.91 Å². The molecule has 2 atom stereocenters. The van der Waals surface area contributed by atoms with Gasteiger partial charge in [-0.3, -0.25) is 4.79 Å². The second-order valence-electron chi connectivity index (χ2n) is 4.84. The Labute approximate surface area is 128 Å². The van der Waals surface area contributed by atoms with Crippen LogP contribution in [0.1, 0.15) is 29.8 Å². The van der Waals surface area contributed by atoms with Crippen LogP contribution in [0.25, 0.3) is 0 Å². The zero-order chi connectivity index (χ0) is 16.7. The zero-order valence-corrected chi connectivity index (χ0v) is 12.5. The number of aryl methyl sites for hydroxylation is 1. The van der Waals surface area contributed by atoms with Crippen LogP contribution in [-0.4, -0.2) is 41.6 Å². The molecule has 0 aliphatic heterocycles. The first kappa shape index (κ1) is 17.6. The number of nitrogens with one attached hydrogen (secondary N) is 1. The standard InChI is InChI=1S/C15H20N2O5/c1-3-10-4-6-11(7-5-10)15(21)22-8-12(14(19)20)17-13(18)9(2)16/h4-7,9,12H,3,8,16H2,1-2H3,(H,17,18)(H,19,20)/t9-,12-/m0/s1. The highest BCUT2D eigenvalue weighted by Gasteiger charge is 2.23. The van der Waals surface area contributed by atoms with Crippen molar-refractivity contribution >= 4 is 17.8 Å². The molecule has 0 saturated heterocycles. The molecule has 120 valence electrons. The Morgan fingerprint density at radius 3 is 2.32 bits per heavy atom. The van der Waals surface area contributed by atoms with Crippen molar-refractivity contribution in [2.75, 3.05) is 6.61 Å². The SMILES string of the molecule is CCc1ccc(C(=O)OC[C@H](NC(=O)[C@H](C)N)C(=O)O)cc1. The summed E-state index contributed by atoms with van der Waals surface area (Å²) in [5.41, 5.74) is 6.74. The average molecular weight is 308 g/mol. The lowest BCUT2D eigenvalue weighted by atomic mass is 10.1. The molecule has 22 heavy (non-hydrogen) atoms. The van der Waals surface area contributed by atoms with E-state index in [0.29, 0.717) is 5.56 Å². The van der Waals surface area contributed by atoms with Crippen LogP contribution in [0.5, 0.6) is 0 Å². The Balaban J connectivity index is 2.61. The van der Waals surface area contributed by atoms with Gasteiger partial charge in [0.15, 0.2) is 6.04 Å². The highest BCUT2D eigenvalue weighted by atomic mass is 16.5. The number of aliphatic carboxylic acids is 1. The van der Waals surface area contributed by atoms with Gasteiger partial charge in [0.05, 0.1) is 11.6 Å². The fourth-order valence-electron chi connectivity index (χ4n) is 1.60. The molecule has 0 fully saturated rings. The van der Waals surface area contributed by atoms with Crippen LogP contribution in [0.2, 0.25) is 0 Å². The highest BCUT2D eigenvalue weighted by Crippen LogP contribution is 2.07. The second kappa shape index (κ2) is 8.14. The number of esters is 1. The molecule has 0 bridgehead atoms. The van der Waals surface area contributed by atoms with Crippen LogP contribution in [0, 0.1) is 0 Å². The molecule has 4 N–H and O–H groups in total. The Morgan fingerprint density at radius 1 is 1.27 bits per heavy atom. The van der Waals surface area contributed by atoms with Gasteiger partial charge in [-0.05, 0) is 31.0 Å². The summed E-state index contributed by atoms with van der Waals surface area (Å²) in [6.07, 6.45) is 0.847. The van der Waals surface area contributed by atoms with Crippen LogP contribution < -0.4 is 11.1 Å². The predicted octanol–water partition coefficient (Wildman–Crippen LogP) is 0.322. The fourth-order valence-corrected chi connectivity index (χ4v) is 1.60. The Kier molecular flexibility index (Phi) is 6.52. The molecule has 0 radical (unpaired) electrons. The van der Waals surface area contributed by atoms with Crippen LogP contribution in [0.4, 0.5) is 0 Å². The van der Waals surface area contributed by atoms with E-state index in [4.69, 9.17) is 15.6 Å². The third-order valence-corrected chi connectivity index (χ3v) is 3.01. The normalized spacial score (nSPS) is 13.0. The number of amides is 1. The number of hydrogen-bond donors (Lipinski definition) is 3. The Bertz CT molecular complexity index is 539. The first-order chi connectivity index (χ1) is 10.3. The maximum Gasteiger partial charge on any atom is 0.338 e. The summed E-state index contributed by atoms with van der Waals surface area (Å²) in [5, 5.41) is 11.2. The smallest absolute Gasteiger partial charge is 0.338 e. The maximum absolute atomic E-state index is 11.8. The molecule has 1 aromatic rings. The molecule has 0 heterocycles. The summed E-state index contributed by atoms with van der Waals surface area (Å²) in [6, 6.07) is 4.62. The Morgan fingerprint density at radius 2 is 1.86 bits per heavy atom. The molecule has 7 heteroatoms. The minimum atomic E-state index is -1.34. The number of benzene rings is 1. The van der Waals surface area contributed by atoms with E-state index in [9.17, 15) is 14.4 Å². The van der Waals surface area contributed by atoms with E-state index in [2.05, 4.69) is 5.32 Å². The van der Waals surface area contributed by atoms with Crippen LogP contribution in [-0.2, 0) is 20.7 Å². The number of nitrogens with two attached hydrogens (primary N) is 1. The van der Waals surface area contributed by atoms with Gasteiger partial charge in [-0.1, -0.05) is 19.1 Å². The largest absolute Gasteiger partial charge is 0.480 e. The molecule has 0 spiro atoms. The van der Waals surface area contributed by atoms with Crippen LogP contribution in [0.3, 0.4) is 0 Å². The minimum absolute atomic E-state index is 0.319. The van der Waals surface area contributed by atoms with E-state index in [1.807, 2.05) is 6.92 Å². The van der Waals surface area contributed by atoms with Crippen LogP contribution >= 0.6 is 0 Å². The number of carbonyl (C=O) groups is 3. The van der Waals surface area contributed by atoms with E-state index in [0.717, 1.165) is 12.0 Å². The summed E-state index contributed by atoms with van der Waals surface area (Å²) in [7, 11) is 0. The molecule has 1 rings (SSSR count). The maximum atomic E-state index is 11.8. The molecular weight excluding hydrogens is 288 g/mol. The van der Waals surface area contributed by atoms with E-state index < -0.39 is 36.5 Å². The zero-order valence-electron chi connectivity index (χ0n) is 12.5. The van der Waals surface area contributed by atoms with Gasteiger partial charge in [0.25, 0.3) is 0 Å². The minimum Gasteiger partial charge on any atom is -0.480 e. The van der Waals surface area contributed by atoms with E-state index >= 15 is 0 Å². The van der Waals surface area contributed by atoms with E-state index in [1.54, 1.807) is 24.3 Å². The second-order valence-corrected chi connectivity index (χ2v) is 4.84. The van der Waals surface area contributed by atoms with Crippen molar-refractivity contribution < 1.29 is 24.2 Å². The fraction of sp³-hybridized carbons (Fsp3) is 0.400. The molecule has 1 amide bonds. The van der Waals surface area contributed by atoms with Crippen molar-refractivity contribution in [3.05, 3.63) is 35.4 Å². The highest BCUT2D eigenvalue weighted by molar-refractivity contribution is 5.90. The molecule has 0 aliphatic carbocycles. The molecule has 0 aliphatic rings. The van der Waals surface area contributed by atoms with Crippen molar-refractivity contribution in [1.29, 1.82) is 0 Å². The van der Waals surface area contributed by atoms with Gasteiger partial charge in [0, 0.05) is 0 Å². The van der Waals surface area contributed by atoms with Crippen molar-refractivity contribution in [3.8, 4) is 0 Å². The van der Waals surface area contributed by atoms with E-state index in [-0.39, 0.29) is 0 Å². The molecule has 0 aromatic heterocycles. The lowest BCUT2D eigenvalue weighted by Crippen LogP contribution is -2.49. The van der Waals surface area contributed by atoms with Gasteiger partial charge >= 0.3 is 11.9 Å². The van der Waals surface area contributed by atoms with Gasteiger partial charge in [-0.15, -0.1) is 0 Å². The third-order valence-electron chi connectivity index (χ3n) is 3.01. The van der Waals surface area contributed by atoms with Crippen molar-refractivity contribution in [2.45, 2.75) is 32.4 Å². The van der Waals surface area contributed by atoms with Gasteiger partial charge < -0.3 is 20.9 Å². The summed E-state index contributed by atoms with van der Waals surface area (Å²) in [6.45, 7) is 2.95. The van der Waals surface area contributed by atoms with Gasteiger partial charge in [-0.25, -0.2) is 9.59 Å². The van der Waals surface area contributed by atoms with Crippen molar-refractivity contribution in [3.63, 3.8) is 0 Å². The monoisotopic (exact) mass is 308 g/mol. The number of carbonyl (C=O) groups excluding carboxylic acids is 2. The van der Waals surface area contributed by atoms with Crippen LogP contribution in [0.15, 0.2) is 24.3 Å². The summed E-state index contributed by atoms with van der Waals surface area (Å²) in [4.78, 5) is 34.3. The number of hydrogen-bond acceptors (Lipinski definition) is 5. The predicted molar refractivity (Wildman–Crippen MR) is 79.3 cm³/mol. The first-order valence-corrected chi connectivity index (χ1v) is 6.90.